The van der Waals surface area contributed by atoms with Crippen LogP contribution in [0, 0.1) is 10.1 Å². The van der Waals surface area contributed by atoms with Crippen LogP contribution in [0.25, 0.3) is 0 Å². The summed E-state index contributed by atoms with van der Waals surface area (Å²) >= 11 is 0. The van der Waals surface area contributed by atoms with Gasteiger partial charge in [0.15, 0.2) is 17.6 Å². The monoisotopic (exact) mass is 296 g/mol. The number of ether oxygens (including phenoxy) is 3. The molecule has 0 fully saturated rings. The molecule has 1 aromatic rings. The van der Waals surface area contributed by atoms with Gasteiger partial charge in [-0.1, -0.05) is 0 Å². The molecule has 21 heavy (non-hydrogen) atoms. The van der Waals surface area contributed by atoms with Gasteiger partial charge in [0.1, 0.15) is 18.8 Å². The fourth-order valence-corrected chi connectivity index (χ4v) is 1.67. The van der Waals surface area contributed by atoms with E-state index in [-0.39, 0.29) is 30.3 Å². The number of benzene rings is 1. The molecule has 1 atom stereocenters. The number of hydrogen-bond acceptors (Lipinski definition) is 7. The normalized spacial score (nSPS) is 14.1. The van der Waals surface area contributed by atoms with Crippen LogP contribution in [0.1, 0.15) is 17.3 Å². The van der Waals surface area contributed by atoms with Gasteiger partial charge < -0.3 is 19.9 Å². The predicted molar refractivity (Wildman–Crippen MR) is 68.2 cm³/mol. The fraction of sp³-hybridized carbons (Fsp3) is 0.333. The van der Waals surface area contributed by atoms with Crippen molar-refractivity contribution >= 4 is 17.6 Å². The van der Waals surface area contributed by atoms with Gasteiger partial charge in [0.2, 0.25) is 0 Å². The number of nitro benzene ring substituents is 1. The lowest BCUT2D eigenvalue weighted by atomic mass is 10.1. The van der Waals surface area contributed by atoms with Crippen LogP contribution >= 0.6 is 0 Å². The first kappa shape index (κ1) is 14.6. The second-order valence-corrected chi connectivity index (χ2v) is 4.22. The molecule has 0 bridgehead atoms. The van der Waals surface area contributed by atoms with Crippen molar-refractivity contribution in [1.82, 2.24) is 0 Å². The quantitative estimate of drug-likeness (QED) is 0.483. The van der Waals surface area contributed by atoms with Gasteiger partial charge in [-0.15, -0.1) is 0 Å². The number of nitro groups is 1. The molecule has 1 aliphatic heterocycles. The standard InChI is InChI=1S/C12H12N2O7/c1-6(11(13)15)21-12(16)7-4-9-10(20-3-2-19-9)5-8(7)14(17)18/h4-6H,2-3H2,1H3,(H2,13,15)/t6-/m0/s1. The Kier molecular flexibility index (Phi) is 3.92. The zero-order chi connectivity index (χ0) is 15.6. The number of rotatable bonds is 4. The fourth-order valence-electron chi connectivity index (χ4n) is 1.67. The molecule has 0 spiro atoms. The Morgan fingerprint density at radius 3 is 2.43 bits per heavy atom. The van der Waals surface area contributed by atoms with Crippen LogP contribution in [-0.4, -0.2) is 36.1 Å². The van der Waals surface area contributed by atoms with Gasteiger partial charge in [0.05, 0.1) is 11.0 Å². The van der Waals surface area contributed by atoms with E-state index >= 15 is 0 Å². The van der Waals surface area contributed by atoms with Crippen LogP contribution in [0.2, 0.25) is 0 Å². The SMILES string of the molecule is C[C@H](OC(=O)c1cc2c(cc1[N+](=O)[O-])OCCO2)C(N)=O. The first-order valence-corrected chi connectivity index (χ1v) is 5.98. The number of hydrogen-bond donors (Lipinski definition) is 1. The lowest BCUT2D eigenvalue weighted by Crippen LogP contribution is -2.30. The molecule has 0 aliphatic carbocycles. The molecule has 2 N–H and O–H groups in total. The molecular formula is C12H12N2O7. The smallest absolute Gasteiger partial charge is 0.346 e. The minimum Gasteiger partial charge on any atom is -0.486 e. The predicted octanol–water partition coefficient (Wildman–Crippen LogP) is 0.397. The maximum atomic E-state index is 11.9. The van der Waals surface area contributed by atoms with Crippen LogP contribution in [0.3, 0.4) is 0 Å². The minimum absolute atomic E-state index is 0.174. The highest BCUT2D eigenvalue weighted by atomic mass is 16.6. The molecule has 1 aromatic carbocycles. The van der Waals surface area contributed by atoms with Gasteiger partial charge >= 0.3 is 5.97 Å². The van der Waals surface area contributed by atoms with Gasteiger partial charge in [0, 0.05) is 6.07 Å². The van der Waals surface area contributed by atoms with Gasteiger partial charge in [-0.05, 0) is 6.92 Å². The van der Waals surface area contributed by atoms with E-state index in [1.54, 1.807) is 0 Å². The van der Waals surface area contributed by atoms with Crippen LogP contribution in [0.15, 0.2) is 12.1 Å². The van der Waals surface area contributed by atoms with Crippen molar-refractivity contribution in [3.8, 4) is 11.5 Å². The molecule has 112 valence electrons. The molecule has 9 nitrogen and oxygen atoms in total. The molecule has 0 aromatic heterocycles. The number of nitrogens with two attached hydrogens (primary N) is 1. The average Bonchev–Trinajstić information content (AvgIpc) is 2.45. The van der Waals surface area contributed by atoms with Gasteiger partial charge in [-0.2, -0.15) is 0 Å². The van der Waals surface area contributed by atoms with E-state index in [9.17, 15) is 19.7 Å². The summed E-state index contributed by atoms with van der Waals surface area (Å²) in [6, 6.07) is 2.24. The number of fused-ring (bicyclic) bond motifs is 1. The largest absolute Gasteiger partial charge is 0.486 e. The summed E-state index contributed by atoms with van der Waals surface area (Å²) in [5.74, 6) is -1.52. The first-order valence-electron chi connectivity index (χ1n) is 5.98. The minimum atomic E-state index is -1.20. The summed E-state index contributed by atoms with van der Waals surface area (Å²) < 4.78 is 15.2. The molecule has 1 aliphatic rings. The highest BCUT2D eigenvalue weighted by molar-refractivity contribution is 5.96. The number of carbonyl (C=O) groups excluding carboxylic acids is 2. The van der Waals surface area contributed by atoms with Gasteiger partial charge in [-0.3, -0.25) is 14.9 Å². The highest BCUT2D eigenvalue weighted by Gasteiger charge is 2.28. The van der Waals surface area contributed by atoms with Gasteiger partial charge in [0.25, 0.3) is 11.6 Å². The summed E-state index contributed by atoms with van der Waals surface area (Å²) in [4.78, 5) is 33.1. The Bertz CT molecular complexity index is 614. The average molecular weight is 296 g/mol. The van der Waals surface area contributed by atoms with E-state index in [4.69, 9.17) is 19.9 Å². The van der Waals surface area contributed by atoms with Crippen molar-refractivity contribution < 1.29 is 28.7 Å². The van der Waals surface area contributed by atoms with Crippen molar-refractivity contribution in [2.45, 2.75) is 13.0 Å². The van der Waals surface area contributed by atoms with E-state index in [0.717, 1.165) is 12.1 Å². The lowest BCUT2D eigenvalue weighted by Gasteiger charge is -2.19. The number of primary amides is 1. The van der Waals surface area contributed by atoms with Crippen LogP contribution in [-0.2, 0) is 9.53 Å². The maximum Gasteiger partial charge on any atom is 0.346 e. The summed E-state index contributed by atoms with van der Waals surface area (Å²) in [6.45, 7) is 1.79. The summed E-state index contributed by atoms with van der Waals surface area (Å²) in [5, 5.41) is 11.0. The van der Waals surface area contributed by atoms with E-state index in [0.29, 0.717) is 0 Å². The third-order valence-corrected chi connectivity index (χ3v) is 2.76. The molecule has 0 saturated heterocycles. The molecule has 0 saturated carbocycles. The second-order valence-electron chi connectivity index (χ2n) is 4.22. The van der Waals surface area contributed by atoms with E-state index in [1.807, 2.05) is 0 Å². The third-order valence-electron chi connectivity index (χ3n) is 2.76. The Morgan fingerprint density at radius 2 is 1.90 bits per heavy atom. The third kappa shape index (κ3) is 3.02. The summed E-state index contributed by atoms with van der Waals surface area (Å²) in [7, 11) is 0. The number of esters is 1. The van der Waals surface area contributed by atoms with Crippen LogP contribution in [0.5, 0.6) is 11.5 Å². The Labute approximate surface area is 118 Å². The zero-order valence-electron chi connectivity index (χ0n) is 11.0. The lowest BCUT2D eigenvalue weighted by molar-refractivity contribution is -0.385. The molecule has 2 rings (SSSR count). The maximum absolute atomic E-state index is 11.9. The summed E-state index contributed by atoms with van der Waals surface area (Å²) in [5.41, 5.74) is 4.14. The van der Waals surface area contributed by atoms with E-state index in [1.165, 1.54) is 6.92 Å². The molecule has 0 radical (unpaired) electrons. The molecule has 1 amide bonds. The molecule has 0 unspecified atom stereocenters. The Hall–Kier alpha value is -2.84. The number of nitrogens with zero attached hydrogens (tertiary/aromatic N) is 1. The van der Waals surface area contributed by atoms with Crippen molar-refractivity contribution in [2.75, 3.05) is 13.2 Å². The highest BCUT2D eigenvalue weighted by Crippen LogP contribution is 2.36. The summed E-state index contributed by atoms with van der Waals surface area (Å²) in [6.07, 6.45) is -1.20. The van der Waals surface area contributed by atoms with Gasteiger partial charge in [-0.25, -0.2) is 4.79 Å². The number of amides is 1. The number of carbonyl (C=O) groups is 2. The molecule has 9 heteroatoms. The van der Waals surface area contributed by atoms with Crippen LogP contribution in [0.4, 0.5) is 5.69 Å². The zero-order valence-corrected chi connectivity index (χ0v) is 11.0. The topological polar surface area (TPSA) is 131 Å². The van der Waals surface area contributed by atoms with Crippen molar-refractivity contribution in [3.05, 3.63) is 27.8 Å². The van der Waals surface area contributed by atoms with Crippen molar-refractivity contribution in [1.29, 1.82) is 0 Å². The molecular weight excluding hydrogens is 284 g/mol. The Morgan fingerprint density at radius 1 is 1.33 bits per heavy atom. The van der Waals surface area contributed by atoms with Crippen LogP contribution < -0.4 is 15.2 Å². The molecule has 1 heterocycles. The van der Waals surface area contributed by atoms with E-state index in [2.05, 4.69) is 0 Å². The van der Waals surface area contributed by atoms with E-state index < -0.39 is 28.6 Å². The Balaban J connectivity index is 2.39. The van der Waals surface area contributed by atoms with Crippen molar-refractivity contribution in [2.24, 2.45) is 5.73 Å². The first-order chi connectivity index (χ1) is 9.90. The second kappa shape index (κ2) is 5.65. The van der Waals surface area contributed by atoms with Crippen molar-refractivity contribution in [3.63, 3.8) is 0 Å².